The van der Waals surface area contributed by atoms with E-state index >= 15 is 0 Å². The Bertz CT molecular complexity index is 1610. The smallest absolute Gasteiger partial charge is 0.331 e. The summed E-state index contributed by atoms with van der Waals surface area (Å²) in [4.78, 5) is 46.2. The average Bonchev–Trinajstić information content (AvgIpc) is 3.57. The highest BCUT2D eigenvalue weighted by Crippen LogP contribution is 2.33. The molecule has 0 unspecified atom stereocenters. The number of hydrogen-bond donors (Lipinski definition) is 1. The molecule has 41 heavy (non-hydrogen) atoms. The lowest BCUT2D eigenvalue weighted by atomic mass is 9.95. The Morgan fingerprint density at radius 1 is 0.951 bits per heavy atom. The SMILES string of the molecule is CC(=O)OCN1CCc2ccc(-n3c(-c4ccccc4)c(C(=O)N4CCCC[C@H]4Cc4ccccc4)[nH]c3=O)cc21. The van der Waals surface area contributed by atoms with Crippen molar-refractivity contribution in [2.75, 3.05) is 24.7 Å². The molecule has 1 aromatic heterocycles. The maximum absolute atomic E-state index is 14.3. The van der Waals surface area contributed by atoms with Crippen molar-refractivity contribution in [1.82, 2.24) is 14.5 Å². The fourth-order valence-corrected chi connectivity index (χ4v) is 6.09. The van der Waals surface area contributed by atoms with Gasteiger partial charge in [0.2, 0.25) is 0 Å². The van der Waals surface area contributed by atoms with Gasteiger partial charge in [-0.25, -0.2) is 4.79 Å². The van der Waals surface area contributed by atoms with E-state index in [-0.39, 0.29) is 30.3 Å². The molecule has 1 atom stereocenters. The summed E-state index contributed by atoms with van der Waals surface area (Å²) in [5.74, 6) is -0.493. The van der Waals surface area contributed by atoms with Crippen molar-refractivity contribution in [1.29, 1.82) is 0 Å². The third-order valence-electron chi connectivity index (χ3n) is 8.10. The van der Waals surface area contributed by atoms with E-state index in [1.54, 1.807) is 4.57 Å². The molecule has 0 saturated carbocycles. The number of amides is 1. The molecule has 8 nitrogen and oxygen atoms in total. The Hall–Kier alpha value is -4.59. The minimum atomic E-state index is -0.367. The lowest BCUT2D eigenvalue weighted by molar-refractivity contribution is -0.140. The van der Waals surface area contributed by atoms with E-state index in [9.17, 15) is 14.4 Å². The van der Waals surface area contributed by atoms with Crippen molar-refractivity contribution >= 4 is 17.6 Å². The summed E-state index contributed by atoms with van der Waals surface area (Å²) < 4.78 is 6.86. The number of H-pyrrole nitrogens is 1. The van der Waals surface area contributed by atoms with Crippen LogP contribution in [-0.4, -0.2) is 52.2 Å². The van der Waals surface area contributed by atoms with Crippen LogP contribution in [0.15, 0.2) is 83.7 Å². The maximum atomic E-state index is 14.3. The molecular weight excluding hydrogens is 516 g/mol. The minimum Gasteiger partial charge on any atom is -0.444 e. The fraction of sp³-hybridized carbons (Fsp3) is 0.303. The number of esters is 1. The number of aromatic nitrogens is 2. The molecule has 0 radical (unpaired) electrons. The molecule has 3 heterocycles. The zero-order valence-electron chi connectivity index (χ0n) is 23.2. The number of aromatic amines is 1. The number of ether oxygens (including phenoxy) is 1. The molecule has 8 heteroatoms. The molecule has 3 aromatic carbocycles. The van der Waals surface area contributed by atoms with Crippen LogP contribution in [0.25, 0.3) is 16.9 Å². The zero-order chi connectivity index (χ0) is 28.3. The Morgan fingerprint density at radius 3 is 2.46 bits per heavy atom. The first-order valence-corrected chi connectivity index (χ1v) is 14.3. The van der Waals surface area contributed by atoms with Crippen LogP contribution in [-0.2, 0) is 22.4 Å². The van der Waals surface area contributed by atoms with Crippen LogP contribution in [0.2, 0.25) is 0 Å². The summed E-state index contributed by atoms with van der Waals surface area (Å²) in [6.45, 7) is 2.92. The Kier molecular flexibility index (Phi) is 7.46. The van der Waals surface area contributed by atoms with E-state index in [1.807, 2.05) is 76.5 Å². The molecule has 1 N–H and O–H groups in total. The number of nitrogens with zero attached hydrogens (tertiary/aromatic N) is 3. The van der Waals surface area contributed by atoms with Gasteiger partial charge in [0, 0.05) is 37.3 Å². The summed E-state index contributed by atoms with van der Waals surface area (Å²) in [7, 11) is 0. The van der Waals surface area contributed by atoms with Crippen molar-refractivity contribution in [3.8, 4) is 16.9 Å². The van der Waals surface area contributed by atoms with Gasteiger partial charge in [-0.15, -0.1) is 0 Å². The summed E-state index contributed by atoms with van der Waals surface area (Å²) in [5.41, 5.74) is 5.16. The number of anilines is 1. The van der Waals surface area contributed by atoms with E-state index < -0.39 is 0 Å². The standard InChI is InChI=1S/C33H34N4O4/c1-23(38)41-22-35-19-17-25-15-16-28(21-29(25)35)37-31(26-12-6-3-7-13-26)30(34-33(37)40)32(39)36-18-9-8-14-27(36)20-24-10-4-2-5-11-24/h2-7,10-13,15-16,21,27H,8-9,14,17-20,22H2,1H3,(H,34,40)/t27-/m0/s1. The Morgan fingerprint density at radius 2 is 1.71 bits per heavy atom. The van der Waals surface area contributed by atoms with Crippen LogP contribution >= 0.6 is 0 Å². The normalized spacial score (nSPS) is 16.5. The number of carbonyl (C=O) groups excluding carboxylic acids is 2. The molecule has 2 aliphatic rings. The second-order valence-electron chi connectivity index (χ2n) is 10.8. The van der Waals surface area contributed by atoms with Gasteiger partial charge >= 0.3 is 11.7 Å². The zero-order valence-corrected chi connectivity index (χ0v) is 23.2. The van der Waals surface area contributed by atoms with E-state index in [4.69, 9.17) is 4.74 Å². The monoisotopic (exact) mass is 550 g/mol. The molecule has 6 rings (SSSR count). The highest BCUT2D eigenvalue weighted by atomic mass is 16.5. The highest BCUT2D eigenvalue weighted by Gasteiger charge is 2.32. The first-order chi connectivity index (χ1) is 20.0. The quantitative estimate of drug-likeness (QED) is 0.329. The highest BCUT2D eigenvalue weighted by molar-refractivity contribution is 5.99. The predicted molar refractivity (Wildman–Crippen MR) is 158 cm³/mol. The van der Waals surface area contributed by atoms with Gasteiger partial charge in [-0.3, -0.25) is 14.2 Å². The predicted octanol–water partition coefficient (Wildman–Crippen LogP) is 4.95. The van der Waals surface area contributed by atoms with Gasteiger partial charge in [-0.1, -0.05) is 66.7 Å². The molecule has 210 valence electrons. The van der Waals surface area contributed by atoms with E-state index in [0.717, 1.165) is 55.5 Å². The van der Waals surface area contributed by atoms with Gasteiger partial charge in [0.25, 0.3) is 5.91 Å². The van der Waals surface area contributed by atoms with Crippen molar-refractivity contribution < 1.29 is 14.3 Å². The average molecular weight is 551 g/mol. The summed E-state index contributed by atoms with van der Waals surface area (Å²) >= 11 is 0. The summed E-state index contributed by atoms with van der Waals surface area (Å²) in [6, 6.07) is 25.8. The van der Waals surface area contributed by atoms with E-state index in [0.29, 0.717) is 23.6 Å². The number of rotatable bonds is 7. The molecule has 0 spiro atoms. The first-order valence-electron chi connectivity index (χ1n) is 14.3. The Labute approximate surface area is 239 Å². The van der Waals surface area contributed by atoms with Gasteiger partial charge in [0.05, 0.1) is 11.4 Å². The van der Waals surface area contributed by atoms with Crippen molar-refractivity contribution in [2.24, 2.45) is 0 Å². The number of carbonyl (C=O) groups is 2. The number of imidazole rings is 1. The van der Waals surface area contributed by atoms with Crippen molar-refractivity contribution in [3.05, 3.63) is 106 Å². The molecule has 1 amide bonds. The number of fused-ring (bicyclic) bond motifs is 1. The lowest BCUT2D eigenvalue weighted by Gasteiger charge is -2.36. The molecule has 1 saturated heterocycles. The molecule has 4 aromatic rings. The van der Waals surface area contributed by atoms with Crippen LogP contribution in [0.3, 0.4) is 0 Å². The van der Waals surface area contributed by atoms with Crippen molar-refractivity contribution in [2.45, 2.75) is 45.1 Å². The van der Waals surface area contributed by atoms with Crippen molar-refractivity contribution in [3.63, 3.8) is 0 Å². The third kappa shape index (κ3) is 5.42. The van der Waals surface area contributed by atoms with Gasteiger partial charge in [-0.2, -0.15) is 0 Å². The second kappa shape index (κ2) is 11.5. The second-order valence-corrected chi connectivity index (χ2v) is 10.8. The molecular formula is C33H34N4O4. The van der Waals surface area contributed by atoms with Crippen LogP contribution < -0.4 is 10.6 Å². The lowest BCUT2D eigenvalue weighted by Crippen LogP contribution is -2.45. The largest absolute Gasteiger partial charge is 0.444 e. The van der Waals surface area contributed by atoms with Crippen LogP contribution in [0.1, 0.15) is 47.8 Å². The molecule has 0 aliphatic carbocycles. The van der Waals surface area contributed by atoms with Gasteiger partial charge in [-0.05, 0) is 55.4 Å². The van der Waals surface area contributed by atoms with E-state index in [1.165, 1.54) is 12.5 Å². The van der Waals surface area contributed by atoms with Gasteiger partial charge in [0.1, 0.15) is 5.69 Å². The molecule has 1 fully saturated rings. The number of likely N-dealkylation sites (tertiary alicyclic amines) is 1. The number of benzene rings is 3. The number of nitrogens with one attached hydrogen (secondary N) is 1. The number of hydrogen-bond acceptors (Lipinski definition) is 5. The number of piperidine rings is 1. The van der Waals surface area contributed by atoms with Gasteiger partial charge < -0.3 is 19.5 Å². The van der Waals surface area contributed by atoms with Crippen LogP contribution in [0.4, 0.5) is 5.69 Å². The Balaban J connectivity index is 1.41. The summed E-state index contributed by atoms with van der Waals surface area (Å²) in [5, 5.41) is 0. The van der Waals surface area contributed by atoms with Crippen LogP contribution in [0.5, 0.6) is 0 Å². The van der Waals surface area contributed by atoms with Crippen LogP contribution in [0, 0.1) is 0 Å². The fourth-order valence-electron chi connectivity index (χ4n) is 6.09. The molecule has 2 aliphatic heterocycles. The molecule has 0 bridgehead atoms. The van der Waals surface area contributed by atoms with E-state index in [2.05, 4.69) is 17.1 Å². The maximum Gasteiger partial charge on any atom is 0.331 e. The minimum absolute atomic E-state index is 0.0592. The van der Waals surface area contributed by atoms with Gasteiger partial charge in [0.15, 0.2) is 6.73 Å². The first kappa shape index (κ1) is 26.6. The topological polar surface area (TPSA) is 87.6 Å². The third-order valence-corrected chi connectivity index (χ3v) is 8.10. The summed E-state index contributed by atoms with van der Waals surface area (Å²) in [6.07, 6.45) is 4.54.